The molecule has 0 unspecified atom stereocenters. The monoisotopic (exact) mass is 432 g/mol. The van der Waals surface area contributed by atoms with Crippen LogP contribution in [0.25, 0.3) is 6.08 Å². The molecule has 6 nitrogen and oxygen atoms in total. The van der Waals surface area contributed by atoms with E-state index in [1.807, 2.05) is 19.1 Å². The molecule has 5 aliphatic heterocycles. The van der Waals surface area contributed by atoms with Crippen molar-refractivity contribution >= 4 is 23.6 Å². The van der Waals surface area contributed by atoms with Crippen LogP contribution in [0.1, 0.15) is 37.3 Å². The lowest BCUT2D eigenvalue weighted by atomic mass is 9.53. The first-order valence-electron chi connectivity index (χ1n) is 12.0. The maximum Gasteiger partial charge on any atom is 0.330 e. The number of nitrogens with zero attached hydrogens (tertiary/aromatic N) is 2. The van der Waals surface area contributed by atoms with Gasteiger partial charge in [-0.15, -0.1) is 0 Å². The lowest BCUT2D eigenvalue weighted by molar-refractivity contribution is -0.137. The fraction of sp³-hybridized carbons (Fsp3) is 0.538. The van der Waals surface area contributed by atoms with Gasteiger partial charge in [-0.05, 0) is 61.6 Å². The molecule has 4 fully saturated rings. The molecule has 1 aliphatic carbocycles. The summed E-state index contributed by atoms with van der Waals surface area (Å²) < 4.78 is 11.3. The van der Waals surface area contributed by atoms with E-state index in [4.69, 9.17) is 9.47 Å². The highest BCUT2D eigenvalue weighted by Crippen LogP contribution is 2.65. The summed E-state index contributed by atoms with van der Waals surface area (Å²) in [5, 5.41) is 0. The minimum atomic E-state index is -0.323. The Morgan fingerprint density at radius 1 is 1.38 bits per heavy atom. The van der Waals surface area contributed by atoms with Gasteiger partial charge in [0.05, 0.1) is 31.8 Å². The van der Waals surface area contributed by atoms with Gasteiger partial charge in [-0.2, -0.15) is 0 Å². The summed E-state index contributed by atoms with van der Waals surface area (Å²) in [5.41, 5.74) is 4.86. The molecule has 3 saturated heterocycles. The van der Waals surface area contributed by atoms with Crippen LogP contribution < -0.4 is 4.90 Å². The van der Waals surface area contributed by atoms with Crippen molar-refractivity contribution in [2.75, 3.05) is 31.2 Å². The van der Waals surface area contributed by atoms with Crippen LogP contribution in [0.4, 0.5) is 5.69 Å². The van der Waals surface area contributed by atoms with Gasteiger partial charge in [0.1, 0.15) is 0 Å². The van der Waals surface area contributed by atoms with Crippen LogP contribution in [0.3, 0.4) is 0 Å². The zero-order valence-electron chi connectivity index (χ0n) is 18.3. The highest BCUT2D eigenvalue weighted by molar-refractivity contribution is 5.99. The number of benzene rings is 1. The Hall–Kier alpha value is -2.44. The average Bonchev–Trinajstić information content (AvgIpc) is 3.25. The number of hydrogen-bond acceptors (Lipinski definition) is 5. The van der Waals surface area contributed by atoms with Crippen LogP contribution >= 0.6 is 0 Å². The zero-order chi connectivity index (χ0) is 21.6. The van der Waals surface area contributed by atoms with Gasteiger partial charge < -0.3 is 14.4 Å². The van der Waals surface area contributed by atoms with Gasteiger partial charge in [0, 0.05) is 35.7 Å². The van der Waals surface area contributed by atoms with Crippen molar-refractivity contribution in [2.24, 2.45) is 11.8 Å². The second-order valence-electron chi connectivity index (χ2n) is 10.1. The molecule has 7 rings (SSSR count). The third-order valence-electron chi connectivity index (χ3n) is 9.03. The number of fused-ring (bicyclic) bond motifs is 2. The van der Waals surface area contributed by atoms with E-state index in [1.165, 1.54) is 17.2 Å². The summed E-state index contributed by atoms with van der Waals surface area (Å²) in [6.45, 7) is 4.93. The predicted molar refractivity (Wildman–Crippen MR) is 119 cm³/mol. The van der Waals surface area contributed by atoms with Gasteiger partial charge in [-0.3, -0.25) is 9.69 Å². The van der Waals surface area contributed by atoms with Crippen molar-refractivity contribution in [1.82, 2.24) is 4.90 Å². The minimum absolute atomic E-state index is 0.0185. The molecule has 2 bridgehead atoms. The normalized spacial score (nSPS) is 38.5. The second-order valence-corrected chi connectivity index (χ2v) is 10.1. The third kappa shape index (κ3) is 2.27. The molecule has 1 spiro atoms. The maximum absolute atomic E-state index is 13.5. The van der Waals surface area contributed by atoms with Crippen molar-refractivity contribution in [1.29, 1.82) is 0 Å². The van der Waals surface area contributed by atoms with Gasteiger partial charge in [0.15, 0.2) is 0 Å². The number of carbonyl (C=O) groups is 2. The van der Waals surface area contributed by atoms with E-state index < -0.39 is 0 Å². The van der Waals surface area contributed by atoms with E-state index in [1.54, 1.807) is 0 Å². The number of amides is 1. The van der Waals surface area contributed by atoms with Gasteiger partial charge >= 0.3 is 5.97 Å². The fourth-order valence-electron chi connectivity index (χ4n) is 8.03. The number of esters is 1. The SMILES string of the molecule is CCOC(=O)/C=C/c1ccc2c(c1)[C@@]13CCN4CC5=CCO[C@H]6CC(=O)N2[C@H]1[C@H]6[C@H]5C[C@H]43. The third-order valence-corrected chi connectivity index (χ3v) is 9.03. The molecule has 32 heavy (non-hydrogen) atoms. The predicted octanol–water partition coefficient (Wildman–Crippen LogP) is 2.67. The molecular weight excluding hydrogens is 404 g/mol. The molecule has 1 amide bonds. The first-order valence-corrected chi connectivity index (χ1v) is 12.0. The fourth-order valence-corrected chi connectivity index (χ4v) is 8.03. The second kappa shape index (κ2) is 6.55. The van der Waals surface area contributed by atoms with Gasteiger partial charge in [0.2, 0.25) is 5.91 Å². The lowest BCUT2D eigenvalue weighted by Crippen LogP contribution is -2.69. The van der Waals surface area contributed by atoms with Crippen molar-refractivity contribution in [3.63, 3.8) is 0 Å². The Balaban J connectivity index is 1.39. The summed E-state index contributed by atoms with van der Waals surface area (Å²) in [5.74, 6) is 0.763. The molecule has 0 aromatic heterocycles. The molecule has 166 valence electrons. The van der Waals surface area contributed by atoms with E-state index in [0.717, 1.165) is 37.2 Å². The first kappa shape index (κ1) is 19.1. The minimum Gasteiger partial charge on any atom is -0.463 e. The molecule has 6 atom stereocenters. The number of piperidine rings is 2. The number of carbonyl (C=O) groups excluding carboxylic acids is 2. The van der Waals surface area contributed by atoms with Gasteiger partial charge in [0.25, 0.3) is 0 Å². The van der Waals surface area contributed by atoms with E-state index >= 15 is 0 Å². The summed E-state index contributed by atoms with van der Waals surface area (Å²) >= 11 is 0. The van der Waals surface area contributed by atoms with Gasteiger partial charge in [-0.25, -0.2) is 4.79 Å². The first-order chi connectivity index (χ1) is 15.6. The molecule has 0 N–H and O–H groups in total. The van der Waals surface area contributed by atoms with E-state index in [-0.39, 0.29) is 29.4 Å². The molecule has 1 aromatic carbocycles. The quantitative estimate of drug-likeness (QED) is 0.418. The standard InChI is InChI=1S/C26H28N2O4/c1-2-31-23(30)6-4-15-3-5-19-18(11-15)26-8-9-27-14-16-7-10-32-20-13-22(29)28(19)25(26)24(20)17(16)12-21(26)27/h3-7,11,17,20-21,24-25H,2,8-10,12-14H2,1H3/b6-4+/t17-,20-,21-,24-,25-,26+/m0/s1. The topological polar surface area (TPSA) is 59.1 Å². The maximum atomic E-state index is 13.5. The van der Waals surface area contributed by atoms with Crippen molar-refractivity contribution in [3.8, 4) is 0 Å². The molecule has 0 radical (unpaired) electrons. The average molecular weight is 433 g/mol. The molecular formula is C26H28N2O4. The lowest BCUT2D eigenvalue weighted by Gasteiger charge is -2.58. The van der Waals surface area contributed by atoms with Crippen molar-refractivity contribution in [3.05, 3.63) is 47.1 Å². The Morgan fingerprint density at radius 2 is 2.28 bits per heavy atom. The molecule has 6 aliphatic rings. The summed E-state index contributed by atoms with van der Waals surface area (Å²) in [4.78, 5) is 30.1. The number of anilines is 1. The number of hydrogen-bond donors (Lipinski definition) is 0. The highest BCUT2D eigenvalue weighted by Gasteiger charge is 2.70. The highest BCUT2D eigenvalue weighted by atomic mass is 16.5. The van der Waals surface area contributed by atoms with Crippen LogP contribution in [0, 0.1) is 11.8 Å². The van der Waals surface area contributed by atoms with Crippen molar-refractivity contribution in [2.45, 2.75) is 49.8 Å². The summed E-state index contributed by atoms with van der Waals surface area (Å²) in [6, 6.07) is 6.99. The molecule has 1 aromatic rings. The summed E-state index contributed by atoms with van der Waals surface area (Å²) in [6.07, 6.45) is 8.38. The summed E-state index contributed by atoms with van der Waals surface area (Å²) in [7, 11) is 0. The molecule has 1 saturated carbocycles. The number of rotatable bonds is 3. The Bertz CT molecular complexity index is 1090. The van der Waals surface area contributed by atoms with Crippen LogP contribution in [0.5, 0.6) is 0 Å². The van der Waals surface area contributed by atoms with Crippen molar-refractivity contribution < 1.29 is 19.1 Å². The van der Waals surface area contributed by atoms with E-state index in [9.17, 15) is 9.59 Å². The Kier molecular flexibility index (Phi) is 3.90. The smallest absolute Gasteiger partial charge is 0.330 e. The molecule has 5 heterocycles. The van der Waals surface area contributed by atoms with Crippen LogP contribution in [-0.4, -0.2) is 61.3 Å². The number of ether oxygens (including phenoxy) is 2. The Labute approximate surface area is 187 Å². The largest absolute Gasteiger partial charge is 0.463 e. The zero-order valence-corrected chi connectivity index (χ0v) is 18.3. The van der Waals surface area contributed by atoms with Crippen LogP contribution in [0.15, 0.2) is 35.9 Å². The van der Waals surface area contributed by atoms with Gasteiger partial charge in [-0.1, -0.05) is 17.7 Å². The Morgan fingerprint density at radius 3 is 3.16 bits per heavy atom. The van der Waals surface area contributed by atoms with Crippen LogP contribution in [-0.2, 0) is 24.5 Å². The molecule has 6 heteroatoms. The van der Waals surface area contributed by atoms with Crippen LogP contribution in [0.2, 0.25) is 0 Å². The van der Waals surface area contributed by atoms with E-state index in [2.05, 4.69) is 28.0 Å². The van der Waals surface area contributed by atoms with E-state index in [0.29, 0.717) is 37.5 Å².